The molecule has 5 nitrogen and oxygen atoms in total. The molecule has 9 heteroatoms. The van der Waals surface area contributed by atoms with Crippen LogP contribution in [-0.2, 0) is 6.18 Å². The van der Waals surface area contributed by atoms with Crippen molar-refractivity contribution in [3.05, 3.63) is 40.0 Å². The molecule has 1 heterocycles. The molecule has 2 N–H and O–H groups in total. The fourth-order valence-corrected chi connectivity index (χ4v) is 2.00. The maximum atomic E-state index is 12.4. The lowest BCUT2D eigenvalue weighted by molar-refractivity contribution is -0.159. The highest BCUT2D eigenvalue weighted by Crippen LogP contribution is 2.32. The van der Waals surface area contributed by atoms with E-state index in [1.807, 2.05) is 0 Å². The smallest absolute Gasteiger partial charge is 0.471 e. The van der Waals surface area contributed by atoms with Gasteiger partial charge in [0.15, 0.2) is 5.82 Å². The average molecular weight is 352 g/mol. The molecule has 0 saturated heterocycles. The van der Waals surface area contributed by atoms with Gasteiger partial charge in [-0.1, -0.05) is 21.1 Å². The molecule has 1 atom stereocenters. The van der Waals surface area contributed by atoms with Gasteiger partial charge in [0.2, 0.25) is 0 Å². The van der Waals surface area contributed by atoms with Gasteiger partial charge < -0.3 is 15.0 Å². The van der Waals surface area contributed by atoms with Crippen LogP contribution >= 0.6 is 15.9 Å². The Morgan fingerprint density at radius 2 is 2.10 bits per heavy atom. The van der Waals surface area contributed by atoms with Crippen LogP contribution in [0.1, 0.15) is 23.3 Å². The number of nitrogens with two attached hydrogens (primary N) is 1. The van der Waals surface area contributed by atoms with E-state index in [2.05, 4.69) is 30.6 Å². The van der Waals surface area contributed by atoms with Gasteiger partial charge in [-0.3, -0.25) is 0 Å². The fourth-order valence-electron chi connectivity index (χ4n) is 1.50. The van der Waals surface area contributed by atoms with E-state index in [1.165, 1.54) is 7.11 Å². The van der Waals surface area contributed by atoms with Gasteiger partial charge in [0.05, 0.1) is 13.2 Å². The van der Waals surface area contributed by atoms with Gasteiger partial charge in [-0.2, -0.15) is 18.2 Å². The monoisotopic (exact) mass is 351 g/mol. The van der Waals surface area contributed by atoms with Gasteiger partial charge in [-0.25, -0.2) is 0 Å². The largest absolute Gasteiger partial charge is 0.497 e. The molecule has 108 valence electrons. The van der Waals surface area contributed by atoms with Crippen LogP contribution in [0.5, 0.6) is 5.75 Å². The number of methoxy groups -OCH3 is 1. The van der Waals surface area contributed by atoms with Gasteiger partial charge in [0.25, 0.3) is 0 Å². The molecule has 2 rings (SSSR count). The minimum absolute atomic E-state index is 0.258. The number of hydrogen-bond donors (Lipinski definition) is 1. The van der Waals surface area contributed by atoms with E-state index in [9.17, 15) is 13.2 Å². The zero-order chi connectivity index (χ0) is 14.9. The predicted octanol–water partition coefficient (Wildman–Crippen LogP) is 2.91. The Labute approximate surface area is 120 Å². The molecule has 1 aromatic carbocycles. The van der Waals surface area contributed by atoms with Crippen LogP contribution < -0.4 is 10.5 Å². The number of halogens is 4. The summed E-state index contributed by atoms with van der Waals surface area (Å²) in [5, 5.41) is 3.26. The van der Waals surface area contributed by atoms with Gasteiger partial charge in [-0.05, 0) is 23.8 Å². The van der Waals surface area contributed by atoms with E-state index in [1.54, 1.807) is 18.2 Å². The molecule has 0 spiro atoms. The topological polar surface area (TPSA) is 74.2 Å². The van der Waals surface area contributed by atoms with Crippen molar-refractivity contribution in [1.29, 1.82) is 0 Å². The molecule has 20 heavy (non-hydrogen) atoms. The van der Waals surface area contributed by atoms with E-state index < -0.39 is 18.1 Å². The zero-order valence-corrected chi connectivity index (χ0v) is 11.7. The van der Waals surface area contributed by atoms with Crippen molar-refractivity contribution in [3.8, 4) is 5.75 Å². The molecule has 0 saturated carbocycles. The minimum Gasteiger partial charge on any atom is -0.497 e. The first-order chi connectivity index (χ1) is 9.32. The molecule has 0 bridgehead atoms. The normalized spacial score (nSPS) is 13.3. The maximum absolute atomic E-state index is 12.4. The number of alkyl halides is 3. The van der Waals surface area contributed by atoms with Gasteiger partial charge in [0, 0.05) is 4.47 Å². The zero-order valence-electron chi connectivity index (χ0n) is 10.1. The molecular formula is C11H9BrF3N3O2. The highest BCUT2D eigenvalue weighted by Gasteiger charge is 2.39. The Bertz CT molecular complexity index is 615. The van der Waals surface area contributed by atoms with Crippen LogP contribution in [-0.4, -0.2) is 17.3 Å². The van der Waals surface area contributed by atoms with E-state index in [0.29, 0.717) is 15.8 Å². The Morgan fingerprint density at radius 3 is 2.65 bits per heavy atom. The van der Waals surface area contributed by atoms with Crippen molar-refractivity contribution >= 4 is 15.9 Å². The second-order valence-corrected chi connectivity index (χ2v) is 4.67. The highest BCUT2D eigenvalue weighted by atomic mass is 79.9. The Kier molecular flexibility index (Phi) is 4.00. The van der Waals surface area contributed by atoms with Crippen LogP contribution in [0.2, 0.25) is 0 Å². The van der Waals surface area contributed by atoms with Crippen molar-refractivity contribution in [2.24, 2.45) is 5.73 Å². The fraction of sp³-hybridized carbons (Fsp3) is 0.273. The second-order valence-electron chi connectivity index (χ2n) is 3.82. The van der Waals surface area contributed by atoms with Crippen LogP contribution in [0.3, 0.4) is 0 Å². The summed E-state index contributed by atoms with van der Waals surface area (Å²) in [7, 11) is 1.47. The molecule has 0 radical (unpaired) electrons. The summed E-state index contributed by atoms with van der Waals surface area (Å²) < 4.78 is 47.0. The van der Waals surface area contributed by atoms with Crippen LogP contribution in [0, 0.1) is 0 Å². The molecule has 2 aromatic rings. The summed E-state index contributed by atoms with van der Waals surface area (Å²) in [5.74, 6) is -1.17. The minimum atomic E-state index is -4.70. The standard InChI is InChI=1S/C11H9BrF3N3O2/c1-19-5-2-3-7(12)6(4-5)8(16)9-17-10(20-18-9)11(13,14)15/h2-4,8H,16H2,1H3. The molecule has 0 aliphatic rings. The third-order valence-corrected chi connectivity index (χ3v) is 3.22. The molecule has 0 amide bonds. The summed E-state index contributed by atoms with van der Waals surface area (Å²) in [6, 6.07) is 3.95. The molecule has 0 fully saturated rings. The lowest BCUT2D eigenvalue weighted by Crippen LogP contribution is -2.15. The van der Waals surface area contributed by atoms with Crippen LogP contribution in [0.4, 0.5) is 13.2 Å². The first-order valence-corrected chi connectivity index (χ1v) is 6.12. The average Bonchev–Trinajstić information content (AvgIpc) is 2.88. The summed E-state index contributed by atoms with van der Waals surface area (Å²) in [5.41, 5.74) is 6.34. The van der Waals surface area contributed by atoms with Crippen molar-refractivity contribution in [2.75, 3.05) is 7.11 Å². The molecular weight excluding hydrogens is 343 g/mol. The Morgan fingerprint density at radius 1 is 1.40 bits per heavy atom. The van der Waals surface area contributed by atoms with Crippen molar-refractivity contribution < 1.29 is 22.4 Å². The summed E-state index contributed by atoms with van der Waals surface area (Å²) in [4.78, 5) is 3.26. The van der Waals surface area contributed by atoms with E-state index in [-0.39, 0.29) is 5.82 Å². The van der Waals surface area contributed by atoms with E-state index in [0.717, 1.165) is 0 Å². The maximum Gasteiger partial charge on any atom is 0.471 e. The highest BCUT2D eigenvalue weighted by molar-refractivity contribution is 9.10. The van der Waals surface area contributed by atoms with Gasteiger partial charge in [0.1, 0.15) is 5.75 Å². The number of ether oxygens (including phenoxy) is 1. The Balaban J connectivity index is 2.36. The molecule has 1 aromatic heterocycles. The molecule has 0 aliphatic heterocycles. The van der Waals surface area contributed by atoms with E-state index >= 15 is 0 Å². The number of rotatable bonds is 3. The number of benzene rings is 1. The predicted molar refractivity (Wildman–Crippen MR) is 66.0 cm³/mol. The number of nitrogens with zero attached hydrogens (tertiary/aromatic N) is 2. The number of aromatic nitrogens is 2. The first-order valence-electron chi connectivity index (χ1n) is 5.32. The van der Waals surface area contributed by atoms with Crippen LogP contribution in [0.15, 0.2) is 27.2 Å². The van der Waals surface area contributed by atoms with Crippen molar-refractivity contribution in [3.63, 3.8) is 0 Å². The van der Waals surface area contributed by atoms with E-state index in [4.69, 9.17) is 10.5 Å². The SMILES string of the molecule is COc1ccc(Br)c(C(N)c2noc(C(F)(F)F)n2)c1. The molecule has 1 unspecified atom stereocenters. The molecule has 0 aliphatic carbocycles. The quantitative estimate of drug-likeness (QED) is 0.920. The Hall–Kier alpha value is -1.61. The summed E-state index contributed by atoms with van der Waals surface area (Å²) in [6.45, 7) is 0. The first kappa shape index (κ1) is 14.8. The van der Waals surface area contributed by atoms with Gasteiger partial charge >= 0.3 is 12.1 Å². The van der Waals surface area contributed by atoms with Gasteiger partial charge in [-0.15, -0.1) is 0 Å². The van der Waals surface area contributed by atoms with Crippen molar-refractivity contribution in [1.82, 2.24) is 10.1 Å². The summed E-state index contributed by atoms with van der Waals surface area (Å²) >= 11 is 3.26. The lowest BCUT2D eigenvalue weighted by Gasteiger charge is -2.11. The third-order valence-electron chi connectivity index (χ3n) is 2.50. The third kappa shape index (κ3) is 2.93. The van der Waals surface area contributed by atoms with Crippen LogP contribution in [0.25, 0.3) is 0 Å². The number of hydrogen-bond acceptors (Lipinski definition) is 5. The van der Waals surface area contributed by atoms with Crippen molar-refractivity contribution in [2.45, 2.75) is 12.2 Å². The second kappa shape index (κ2) is 5.41. The lowest BCUT2D eigenvalue weighted by atomic mass is 10.1. The summed E-state index contributed by atoms with van der Waals surface area (Å²) in [6.07, 6.45) is -4.70.